The van der Waals surface area contributed by atoms with Crippen molar-refractivity contribution in [3.63, 3.8) is 0 Å². The van der Waals surface area contributed by atoms with Gasteiger partial charge in [-0.3, -0.25) is 0 Å². The van der Waals surface area contributed by atoms with Crippen molar-refractivity contribution in [2.24, 2.45) is 0 Å². The second kappa shape index (κ2) is 16.2. The summed E-state index contributed by atoms with van der Waals surface area (Å²) < 4.78 is 11.1. The molecule has 2 N–H and O–H groups in total. The predicted octanol–water partition coefficient (Wildman–Crippen LogP) is 5.47. The summed E-state index contributed by atoms with van der Waals surface area (Å²) in [7, 11) is 0. The van der Waals surface area contributed by atoms with E-state index in [-0.39, 0.29) is 12.5 Å². The molecule has 0 aliphatic heterocycles. The number of benzene rings is 2. The Hall–Kier alpha value is -3.57. The Balaban J connectivity index is 1.91. The predicted molar refractivity (Wildman–Crippen MR) is 139 cm³/mol. The molecule has 0 aromatic heterocycles. The fourth-order valence-electron chi connectivity index (χ4n) is 3.68. The molecule has 2 aromatic carbocycles. The van der Waals surface area contributed by atoms with E-state index in [1.807, 2.05) is 12.1 Å². The van der Waals surface area contributed by atoms with Gasteiger partial charge in [0.2, 0.25) is 0 Å². The number of nitrogens with one attached hydrogen (secondary N) is 1. The molecule has 2 aromatic rings. The van der Waals surface area contributed by atoms with E-state index in [2.05, 4.69) is 18.3 Å². The Bertz CT molecular complexity index is 970. The third-order valence-corrected chi connectivity index (χ3v) is 5.70. The van der Waals surface area contributed by atoms with Crippen LogP contribution in [0.3, 0.4) is 0 Å². The molecule has 1 unspecified atom stereocenters. The average Bonchev–Trinajstić information content (AvgIpc) is 2.88. The molecule has 2 amide bonds. The largest absolute Gasteiger partial charge is 0.492 e. The van der Waals surface area contributed by atoms with Crippen molar-refractivity contribution in [3.05, 3.63) is 59.7 Å². The van der Waals surface area contributed by atoms with Gasteiger partial charge in [0.25, 0.3) is 0 Å². The van der Waals surface area contributed by atoms with Gasteiger partial charge >= 0.3 is 12.0 Å². The smallest absolute Gasteiger partial charge is 0.333 e. The zero-order chi connectivity index (χ0) is 26.2. The minimum atomic E-state index is -0.980. The van der Waals surface area contributed by atoms with E-state index in [1.165, 1.54) is 6.42 Å². The summed E-state index contributed by atoms with van der Waals surface area (Å²) >= 11 is 0. The number of anilines is 1. The minimum absolute atomic E-state index is 0.204. The fraction of sp³-hybridized carbons (Fsp3) is 0.464. The van der Waals surface area contributed by atoms with Gasteiger partial charge in [-0.25, -0.2) is 9.59 Å². The number of carboxylic acid groups (broad SMARTS) is 1. The van der Waals surface area contributed by atoms with Gasteiger partial charge in [0.1, 0.15) is 12.4 Å². The van der Waals surface area contributed by atoms with Crippen LogP contribution in [-0.2, 0) is 16.0 Å². The van der Waals surface area contributed by atoms with Crippen molar-refractivity contribution in [2.45, 2.75) is 58.5 Å². The summed E-state index contributed by atoms with van der Waals surface area (Å²) in [5.41, 5.74) is 2.02. The Morgan fingerprint density at radius 3 is 2.31 bits per heavy atom. The standard InChI is InChI=1S/C28H37N3O5/c1-3-5-6-7-8-17-31(28(34)30-24-13-9-23(21-29)10-14-24)18-19-36-25-15-11-22(12-16-25)20-26(27(32)33)35-4-2/h9-16,26H,3-8,17-20H2,1-2H3,(H,30,34)(H,32,33). The highest BCUT2D eigenvalue weighted by Gasteiger charge is 2.18. The number of hydrogen-bond acceptors (Lipinski definition) is 5. The van der Waals surface area contributed by atoms with Gasteiger partial charge < -0.3 is 24.8 Å². The van der Waals surface area contributed by atoms with Gasteiger partial charge in [-0.2, -0.15) is 5.26 Å². The second-order valence-corrected chi connectivity index (χ2v) is 8.50. The second-order valence-electron chi connectivity index (χ2n) is 8.50. The van der Waals surface area contributed by atoms with Crippen molar-refractivity contribution in [2.75, 3.05) is 31.6 Å². The lowest BCUT2D eigenvalue weighted by Crippen LogP contribution is -2.38. The number of nitriles is 1. The lowest BCUT2D eigenvalue weighted by molar-refractivity contribution is -0.149. The normalized spacial score (nSPS) is 11.4. The monoisotopic (exact) mass is 495 g/mol. The van der Waals surface area contributed by atoms with Gasteiger partial charge in [0.15, 0.2) is 6.10 Å². The molecule has 8 heteroatoms. The van der Waals surface area contributed by atoms with E-state index < -0.39 is 12.1 Å². The first-order valence-electron chi connectivity index (χ1n) is 12.6. The molecule has 0 heterocycles. The van der Waals surface area contributed by atoms with Gasteiger partial charge in [-0.1, -0.05) is 44.7 Å². The van der Waals surface area contributed by atoms with Crippen LogP contribution in [0.4, 0.5) is 10.5 Å². The molecule has 0 spiro atoms. The minimum Gasteiger partial charge on any atom is -0.492 e. The molecule has 36 heavy (non-hydrogen) atoms. The quantitative estimate of drug-likeness (QED) is 0.299. The Kier molecular flexibility index (Phi) is 12.9. The van der Waals surface area contributed by atoms with Crippen LogP contribution in [-0.4, -0.2) is 54.4 Å². The summed E-state index contributed by atoms with van der Waals surface area (Å²) in [6, 6.07) is 15.9. The third-order valence-electron chi connectivity index (χ3n) is 5.70. The SMILES string of the molecule is CCCCCCCN(CCOc1ccc(CC(OCC)C(=O)O)cc1)C(=O)Nc1ccc(C#N)cc1. The topological polar surface area (TPSA) is 112 Å². The molecule has 0 aliphatic carbocycles. The van der Waals surface area contributed by atoms with Gasteiger partial charge in [0, 0.05) is 25.3 Å². The number of amides is 2. The number of urea groups is 1. The van der Waals surface area contributed by atoms with Crippen LogP contribution < -0.4 is 10.1 Å². The highest BCUT2D eigenvalue weighted by Crippen LogP contribution is 2.15. The summed E-state index contributed by atoms with van der Waals surface area (Å²) in [6.45, 7) is 5.65. The van der Waals surface area contributed by atoms with Crippen LogP contribution in [0.2, 0.25) is 0 Å². The van der Waals surface area contributed by atoms with Gasteiger partial charge in [-0.15, -0.1) is 0 Å². The van der Waals surface area contributed by atoms with Crippen LogP contribution in [0.25, 0.3) is 0 Å². The molecule has 194 valence electrons. The third kappa shape index (κ3) is 10.4. The Labute approximate surface area is 213 Å². The van der Waals surface area contributed by atoms with Crippen LogP contribution in [0, 0.1) is 11.3 Å². The lowest BCUT2D eigenvalue weighted by atomic mass is 10.1. The van der Waals surface area contributed by atoms with Crippen molar-refractivity contribution < 1.29 is 24.2 Å². The number of carboxylic acids is 1. The lowest BCUT2D eigenvalue weighted by Gasteiger charge is -2.23. The van der Waals surface area contributed by atoms with Gasteiger partial charge in [-0.05, 0) is 55.3 Å². The molecule has 0 saturated heterocycles. The molecular weight excluding hydrogens is 458 g/mol. The number of ether oxygens (including phenoxy) is 2. The number of carbonyl (C=O) groups is 2. The zero-order valence-corrected chi connectivity index (χ0v) is 21.2. The fourth-order valence-corrected chi connectivity index (χ4v) is 3.68. The van der Waals surface area contributed by atoms with Crippen LogP contribution in [0.15, 0.2) is 48.5 Å². The average molecular weight is 496 g/mol. The number of carbonyl (C=O) groups excluding carboxylic acids is 1. The van der Waals surface area contributed by atoms with Crippen LogP contribution >= 0.6 is 0 Å². The maximum absolute atomic E-state index is 12.9. The van der Waals surface area contributed by atoms with E-state index in [9.17, 15) is 14.7 Å². The first-order valence-corrected chi connectivity index (χ1v) is 12.6. The Morgan fingerprint density at radius 1 is 1.00 bits per heavy atom. The number of hydrogen-bond donors (Lipinski definition) is 2. The maximum atomic E-state index is 12.9. The highest BCUT2D eigenvalue weighted by molar-refractivity contribution is 5.89. The summed E-state index contributed by atoms with van der Waals surface area (Å²) in [5, 5.41) is 21.1. The summed E-state index contributed by atoms with van der Waals surface area (Å²) in [4.78, 5) is 26.0. The molecule has 2 rings (SSSR count). The van der Waals surface area contributed by atoms with E-state index in [0.717, 1.165) is 31.2 Å². The number of nitrogens with zero attached hydrogens (tertiary/aromatic N) is 2. The van der Waals surface area contributed by atoms with E-state index >= 15 is 0 Å². The molecule has 1 atom stereocenters. The zero-order valence-electron chi connectivity index (χ0n) is 21.2. The van der Waals surface area contributed by atoms with E-state index in [4.69, 9.17) is 14.7 Å². The molecule has 0 bridgehead atoms. The molecule has 0 radical (unpaired) electrons. The van der Waals surface area contributed by atoms with Crippen LogP contribution in [0.1, 0.15) is 57.1 Å². The van der Waals surface area contributed by atoms with Crippen molar-refractivity contribution in [3.8, 4) is 11.8 Å². The molecule has 0 aliphatic rings. The van der Waals surface area contributed by atoms with Crippen molar-refractivity contribution >= 4 is 17.7 Å². The Morgan fingerprint density at radius 2 is 1.69 bits per heavy atom. The van der Waals surface area contributed by atoms with Crippen molar-refractivity contribution in [1.82, 2.24) is 4.90 Å². The highest BCUT2D eigenvalue weighted by atomic mass is 16.5. The molecular formula is C28H37N3O5. The van der Waals surface area contributed by atoms with Crippen LogP contribution in [0.5, 0.6) is 5.75 Å². The number of rotatable bonds is 16. The molecule has 0 fully saturated rings. The van der Waals surface area contributed by atoms with Gasteiger partial charge in [0.05, 0.1) is 18.2 Å². The van der Waals surface area contributed by atoms with E-state index in [0.29, 0.717) is 43.3 Å². The summed E-state index contributed by atoms with van der Waals surface area (Å²) in [6.07, 6.45) is 4.89. The maximum Gasteiger partial charge on any atom is 0.333 e. The summed E-state index contributed by atoms with van der Waals surface area (Å²) in [5.74, 6) is -0.330. The van der Waals surface area contributed by atoms with Crippen molar-refractivity contribution in [1.29, 1.82) is 5.26 Å². The number of aliphatic carboxylic acids is 1. The number of unbranched alkanes of at least 4 members (excludes halogenated alkanes) is 4. The molecule has 0 saturated carbocycles. The first-order chi connectivity index (χ1) is 17.5. The van der Waals surface area contributed by atoms with E-state index in [1.54, 1.807) is 48.2 Å². The molecule has 8 nitrogen and oxygen atoms in total. The first kappa shape index (κ1) is 28.7.